The van der Waals surface area contributed by atoms with Crippen LogP contribution in [0.15, 0.2) is 29.0 Å². The van der Waals surface area contributed by atoms with E-state index in [1.807, 2.05) is 11.0 Å². The molecule has 1 aliphatic heterocycles. The molecular formula is C17H24N4O2S. The molecule has 130 valence electrons. The van der Waals surface area contributed by atoms with E-state index in [2.05, 4.69) is 41.4 Å². The lowest BCUT2D eigenvalue weighted by Gasteiger charge is -2.34. The number of amides is 2. The highest BCUT2D eigenvalue weighted by Gasteiger charge is 2.22. The molecular weight excluding hydrogens is 324 g/mol. The second-order valence-corrected chi connectivity index (χ2v) is 7.69. The molecule has 0 spiro atoms. The van der Waals surface area contributed by atoms with Crippen LogP contribution in [0.5, 0.6) is 0 Å². The third kappa shape index (κ3) is 4.58. The molecule has 6 nitrogen and oxygen atoms in total. The summed E-state index contributed by atoms with van der Waals surface area (Å²) >= 11 is 1.80. The smallest absolute Gasteiger partial charge is 0.317 e. The van der Waals surface area contributed by atoms with E-state index in [-0.39, 0.29) is 12.1 Å². The van der Waals surface area contributed by atoms with Crippen LogP contribution in [0.1, 0.15) is 22.4 Å². The SMILES string of the molecule is Cc1ccc(CC(C)NC(=O)N2CCN(Cc3ccon3)CC2)s1. The Morgan fingerprint density at radius 3 is 2.75 bits per heavy atom. The van der Waals surface area contributed by atoms with Crippen LogP contribution in [0, 0.1) is 6.92 Å². The van der Waals surface area contributed by atoms with Crippen LogP contribution < -0.4 is 5.32 Å². The maximum Gasteiger partial charge on any atom is 0.317 e. The van der Waals surface area contributed by atoms with Crippen LogP contribution in [-0.2, 0) is 13.0 Å². The molecule has 24 heavy (non-hydrogen) atoms. The summed E-state index contributed by atoms with van der Waals surface area (Å²) in [4.78, 5) is 19.2. The van der Waals surface area contributed by atoms with E-state index in [0.717, 1.165) is 44.8 Å². The van der Waals surface area contributed by atoms with E-state index in [0.29, 0.717) is 0 Å². The zero-order chi connectivity index (χ0) is 16.9. The standard InChI is InChI=1S/C17H24N4O2S/c1-13(11-16-4-3-14(2)24-16)18-17(22)21-8-6-20(7-9-21)12-15-5-10-23-19-15/h3-5,10,13H,6-9,11-12H2,1-2H3,(H,18,22). The van der Waals surface area contributed by atoms with Crippen molar-refractivity contribution in [1.29, 1.82) is 0 Å². The largest absolute Gasteiger partial charge is 0.364 e. The number of nitrogens with zero attached hydrogens (tertiary/aromatic N) is 3. The summed E-state index contributed by atoms with van der Waals surface area (Å²) in [5.74, 6) is 0. The Morgan fingerprint density at radius 1 is 1.33 bits per heavy atom. The summed E-state index contributed by atoms with van der Waals surface area (Å²) in [6.07, 6.45) is 2.48. The molecule has 0 radical (unpaired) electrons. The molecule has 3 rings (SSSR count). The van der Waals surface area contributed by atoms with E-state index in [9.17, 15) is 4.79 Å². The Bertz CT molecular complexity index is 647. The number of hydrogen-bond donors (Lipinski definition) is 1. The topological polar surface area (TPSA) is 61.6 Å². The first kappa shape index (κ1) is 17.0. The number of rotatable bonds is 5. The van der Waals surface area contributed by atoms with Gasteiger partial charge in [0, 0.05) is 61.0 Å². The van der Waals surface area contributed by atoms with Crippen molar-refractivity contribution in [2.45, 2.75) is 32.9 Å². The Morgan fingerprint density at radius 2 is 2.12 bits per heavy atom. The highest BCUT2D eigenvalue weighted by molar-refractivity contribution is 7.11. The van der Waals surface area contributed by atoms with Gasteiger partial charge in [-0.2, -0.15) is 0 Å². The van der Waals surface area contributed by atoms with E-state index >= 15 is 0 Å². The van der Waals surface area contributed by atoms with Gasteiger partial charge in [-0.05, 0) is 26.0 Å². The van der Waals surface area contributed by atoms with Crippen molar-refractivity contribution in [3.63, 3.8) is 0 Å². The molecule has 1 aliphatic rings. The van der Waals surface area contributed by atoms with Gasteiger partial charge in [0.25, 0.3) is 0 Å². The third-order valence-corrected chi connectivity index (χ3v) is 5.23. The molecule has 2 aromatic rings. The lowest BCUT2D eigenvalue weighted by Crippen LogP contribution is -2.53. The summed E-state index contributed by atoms with van der Waals surface area (Å²) in [7, 11) is 0. The molecule has 2 aromatic heterocycles. The van der Waals surface area contributed by atoms with Crippen molar-refractivity contribution < 1.29 is 9.32 Å². The molecule has 0 bridgehead atoms. The second-order valence-electron chi connectivity index (χ2n) is 6.32. The number of nitrogens with one attached hydrogen (secondary N) is 1. The number of piperazine rings is 1. The van der Waals surface area contributed by atoms with Gasteiger partial charge in [-0.3, -0.25) is 4.90 Å². The highest BCUT2D eigenvalue weighted by Crippen LogP contribution is 2.17. The number of aromatic nitrogens is 1. The minimum Gasteiger partial charge on any atom is -0.364 e. The van der Waals surface area contributed by atoms with Gasteiger partial charge in [0.15, 0.2) is 0 Å². The van der Waals surface area contributed by atoms with E-state index in [4.69, 9.17) is 4.52 Å². The van der Waals surface area contributed by atoms with Crippen LogP contribution in [0.4, 0.5) is 4.79 Å². The molecule has 1 unspecified atom stereocenters. The van der Waals surface area contributed by atoms with Crippen molar-refractivity contribution in [1.82, 2.24) is 20.3 Å². The maximum atomic E-state index is 12.4. The quantitative estimate of drug-likeness (QED) is 0.902. The van der Waals surface area contributed by atoms with Gasteiger partial charge in [0.05, 0.1) is 5.69 Å². The predicted molar refractivity (Wildman–Crippen MR) is 94.1 cm³/mol. The summed E-state index contributed by atoms with van der Waals surface area (Å²) < 4.78 is 4.86. The van der Waals surface area contributed by atoms with Crippen molar-refractivity contribution in [3.05, 3.63) is 39.9 Å². The molecule has 1 fully saturated rings. The summed E-state index contributed by atoms with van der Waals surface area (Å²) in [6, 6.07) is 6.33. The average molecular weight is 348 g/mol. The fraction of sp³-hybridized carbons (Fsp3) is 0.529. The zero-order valence-electron chi connectivity index (χ0n) is 14.2. The molecule has 0 aromatic carbocycles. The Kier molecular flexibility index (Phi) is 5.52. The lowest BCUT2D eigenvalue weighted by atomic mass is 10.2. The molecule has 1 atom stereocenters. The Hall–Kier alpha value is -1.86. The minimum absolute atomic E-state index is 0.0388. The number of carbonyl (C=O) groups is 1. The fourth-order valence-electron chi connectivity index (χ4n) is 2.91. The molecule has 3 heterocycles. The molecule has 0 saturated carbocycles. The predicted octanol–water partition coefficient (Wildman–Crippen LogP) is 2.50. The van der Waals surface area contributed by atoms with Crippen molar-refractivity contribution in [2.24, 2.45) is 0 Å². The van der Waals surface area contributed by atoms with Gasteiger partial charge < -0.3 is 14.7 Å². The van der Waals surface area contributed by atoms with Crippen LogP contribution in [0.2, 0.25) is 0 Å². The van der Waals surface area contributed by atoms with E-state index in [1.165, 1.54) is 9.75 Å². The van der Waals surface area contributed by atoms with E-state index < -0.39 is 0 Å². The van der Waals surface area contributed by atoms with Gasteiger partial charge in [0.2, 0.25) is 0 Å². The zero-order valence-corrected chi connectivity index (χ0v) is 15.0. The van der Waals surface area contributed by atoms with Crippen molar-refractivity contribution >= 4 is 17.4 Å². The number of urea groups is 1. The summed E-state index contributed by atoms with van der Waals surface area (Å²) in [5, 5.41) is 7.05. The van der Waals surface area contributed by atoms with Gasteiger partial charge in [-0.15, -0.1) is 11.3 Å². The fourth-order valence-corrected chi connectivity index (χ4v) is 3.93. The van der Waals surface area contributed by atoms with Gasteiger partial charge in [-0.1, -0.05) is 5.16 Å². The van der Waals surface area contributed by atoms with Gasteiger partial charge in [-0.25, -0.2) is 4.79 Å². The Balaban J connectivity index is 1.41. The normalized spacial score (nSPS) is 17.0. The van der Waals surface area contributed by atoms with Gasteiger partial charge in [0.1, 0.15) is 6.26 Å². The highest BCUT2D eigenvalue weighted by atomic mass is 32.1. The number of hydrogen-bond acceptors (Lipinski definition) is 5. The van der Waals surface area contributed by atoms with Crippen molar-refractivity contribution in [3.8, 4) is 0 Å². The molecule has 0 aliphatic carbocycles. The number of aryl methyl sites for hydroxylation is 1. The van der Waals surface area contributed by atoms with E-state index in [1.54, 1.807) is 17.6 Å². The van der Waals surface area contributed by atoms with Gasteiger partial charge >= 0.3 is 6.03 Å². The lowest BCUT2D eigenvalue weighted by molar-refractivity contribution is 0.132. The summed E-state index contributed by atoms with van der Waals surface area (Å²) in [5.41, 5.74) is 0.938. The number of carbonyl (C=O) groups excluding carboxylic acids is 1. The van der Waals surface area contributed by atoms with Crippen LogP contribution in [0.25, 0.3) is 0 Å². The molecule has 1 saturated heterocycles. The second kappa shape index (κ2) is 7.81. The first-order valence-electron chi connectivity index (χ1n) is 8.32. The molecule has 7 heteroatoms. The molecule has 2 amide bonds. The molecule has 1 N–H and O–H groups in total. The average Bonchev–Trinajstić information content (AvgIpc) is 3.20. The first-order chi connectivity index (χ1) is 11.6. The first-order valence-corrected chi connectivity index (χ1v) is 9.14. The van der Waals surface area contributed by atoms with Crippen LogP contribution in [0.3, 0.4) is 0 Å². The Labute approximate surface area is 146 Å². The third-order valence-electron chi connectivity index (χ3n) is 4.21. The van der Waals surface area contributed by atoms with Crippen molar-refractivity contribution in [2.75, 3.05) is 26.2 Å². The number of thiophene rings is 1. The minimum atomic E-state index is 0.0388. The van der Waals surface area contributed by atoms with Crippen LogP contribution in [-0.4, -0.2) is 53.2 Å². The van der Waals surface area contributed by atoms with Crippen LogP contribution >= 0.6 is 11.3 Å². The monoisotopic (exact) mass is 348 g/mol. The summed E-state index contributed by atoms with van der Waals surface area (Å²) in [6.45, 7) is 8.16. The maximum absolute atomic E-state index is 12.4.